The van der Waals surface area contributed by atoms with Gasteiger partial charge in [-0.25, -0.2) is 4.79 Å². The number of hydrogen-bond acceptors (Lipinski definition) is 3. The van der Waals surface area contributed by atoms with Gasteiger partial charge in [0.1, 0.15) is 5.75 Å². The summed E-state index contributed by atoms with van der Waals surface area (Å²) in [6, 6.07) is 7.36. The second kappa shape index (κ2) is 14.5. The number of carbonyl (C=O) groups is 1. The molecular formula is C26H42O3. The van der Waals surface area contributed by atoms with Gasteiger partial charge >= 0.3 is 5.97 Å². The Morgan fingerprint density at radius 3 is 2.00 bits per heavy atom. The highest BCUT2D eigenvalue weighted by Gasteiger charge is 2.20. The molecule has 1 aliphatic carbocycles. The van der Waals surface area contributed by atoms with Crippen LogP contribution < -0.4 is 4.74 Å². The van der Waals surface area contributed by atoms with E-state index in [0.29, 0.717) is 12.2 Å². The molecule has 0 spiro atoms. The number of unbranched alkanes of at least 4 members (excludes halogenated alkanes) is 4. The van der Waals surface area contributed by atoms with Crippen LogP contribution >= 0.6 is 0 Å². The van der Waals surface area contributed by atoms with E-state index < -0.39 is 0 Å². The lowest BCUT2D eigenvalue weighted by Crippen LogP contribution is -2.15. The van der Waals surface area contributed by atoms with Crippen LogP contribution in [0.2, 0.25) is 0 Å². The highest BCUT2D eigenvalue weighted by molar-refractivity contribution is 5.89. The van der Waals surface area contributed by atoms with Crippen molar-refractivity contribution in [2.24, 2.45) is 11.8 Å². The van der Waals surface area contributed by atoms with Crippen molar-refractivity contribution >= 4 is 5.97 Å². The fourth-order valence-electron chi connectivity index (χ4n) is 4.34. The molecule has 0 amide bonds. The summed E-state index contributed by atoms with van der Waals surface area (Å²) in [5, 5.41) is 0. The maximum absolute atomic E-state index is 12.0. The Balaban J connectivity index is 1.56. The van der Waals surface area contributed by atoms with Crippen LogP contribution in [-0.2, 0) is 4.74 Å². The van der Waals surface area contributed by atoms with Crippen LogP contribution in [0.3, 0.4) is 0 Å². The van der Waals surface area contributed by atoms with Crippen LogP contribution in [0.15, 0.2) is 24.3 Å². The smallest absolute Gasteiger partial charge is 0.338 e. The molecule has 0 unspecified atom stereocenters. The zero-order valence-corrected chi connectivity index (χ0v) is 18.8. The molecule has 1 saturated carbocycles. The van der Waals surface area contributed by atoms with Gasteiger partial charge in [-0.05, 0) is 55.4 Å². The number of hydrogen-bond donors (Lipinski definition) is 0. The zero-order valence-electron chi connectivity index (χ0n) is 18.8. The molecule has 3 heteroatoms. The number of benzene rings is 1. The van der Waals surface area contributed by atoms with Crippen LogP contribution in [0.1, 0.15) is 108 Å². The van der Waals surface area contributed by atoms with Gasteiger partial charge in [0.05, 0.1) is 18.8 Å². The van der Waals surface area contributed by atoms with Crippen molar-refractivity contribution in [1.29, 1.82) is 0 Å². The summed E-state index contributed by atoms with van der Waals surface area (Å²) in [5.74, 6) is 2.49. The highest BCUT2D eigenvalue weighted by Crippen LogP contribution is 2.34. The van der Waals surface area contributed by atoms with Gasteiger partial charge in [-0.2, -0.15) is 0 Å². The predicted molar refractivity (Wildman–Crippen MR) is 121 cm³/mol. The molecular weight excluding hydrogens is 360 g/mol. The Morgan fingerprint density at radius 1 is 0.793 bits per heavy atom. The summed E-state index contributed by atoms with van der Waals surface area (Å²) >= 11 is 0. The summed E-state index contributed by atoms with van der Waals surface area (Å²) < 4.78 is 11.2. The third-order valence-electron chi connectivity index (χ3n) is 6.28. The fourth-order valence-corrected chi connectivity index (χ4v) is 4.34. The van der Waals surface area contributed by atoms with Gasteiger partial charge in [-0.1, -0.05) is 78.1 Å². The van der Waals surface area contributed by atoms with E-state index in [1.54, 1.807) is 12.1 Å². The molecule has 0 N–H and O–H groups in total. The van der Waals surface area contributed by atoms with Crippen LogP contribution in [0, 0.1) is 11.8 Å². The van der Waals surface area contributed by atoms with Gasteiger partial charge in [0.25, 0.3) is 0 Å². The van der Waals surface area contributed by atoms with Crippen LogP contribution in [0.4, 0.5) is 0 Å². The number of rotatable bonds is 14. The minimum atomic E-state index is -0.238. The van der Waals surface area contributed by atoms with E-state index in [2.05, 4.69) is 13.8 Å². The molecule has 2 rings (SSSR count). The minimum absolute atomic E-state index is 0.238. The van der Waals surface area contributed by atoms with Crippen molar-refractivity contribution in [3.8, 4) is 5.75 Å². The van der Waals surface area contributed by atoms with E-state index in [4.69, 9.17) is 9.47 Å². The molecule has 0 heterocycles. The summed E-state index contributed by atoms with van der Waals surface area (Å²) in [4.78, 5) is 12.0. The Bertz CT molecular complexity index is 544. The van der Waals surface area contributed by atoms with Crippen molar-refractivity contribution in [3.63, 3.8) is 0 Å². The molecule has 1 fully saturated rings. The third-order valence-corrected chi connectivity index (χ3v) is 6.28. The standard InChI is InChI=1S/C26H42O3/c1-3-5-7-10-22-12-14-23(15-13-22)11-9-21-28-25-18-16-24(17-19-25)26(27)29-20-8-6-4-2/h16-19,22-23H,3-15,20-21H2,1-2H3. The number of esters is 1. The lowest BCUT2D eigenvalue weighted by atomic mass is 9.78. The first kappa shape index (κ1) is 23.8. The lowest BCUT2D eigenvalue weighted by molar-refractivity contribution is 0.0498. The van der Waals surface area contributed by atoms with Crippen LogP contribution in [-0.4, -0.2) is 19.2 Å². The van der Waals surface area contributed by atoms with E-state index in [9.17, 15) is 4.79 Å². The maximum Gasteiger partial charge on any atom is 0.338 e. The predicted octanol–water partition coefficient (Wildman–Crippen LogP) is 7.58. The molecule has 0 bridgehead atoms. The Morgan fingerprint density at radius 2 is 1.38 bits per heavy atom. The topological polar surface area (TPSA) is 35.5 Å². The molecule has 3 nitrogen and oxygen atoms in total. The molecule has 0 aliphatic heterocycles. The van der Waals surface area contributed by atoms with E-state index in [1.807, 2.05) is 12.1 Å². The van der Waals surface area contributed by atoms with Gasteiger partial charge in [-0.3, -0.25) is 0 Å². The molecule has 1 aromatic rings. The molecule has 29 heavy (non-hydrogen) atoms. The second-order valence-electron chi connectivity index (χ2n) is 8.74. The molecule has 1 aliphatic rings. The molecule has 0 aromatic heterocycles. The van der Waals surface area contributed by atoms with E-state index in [0.717, 1.165) is 49.9 Å². The zero-order chi connectivity index (χ0) is 20.7. The monoisotopic (exact) mass is 402 g/mol. The first-order valence-electron chi connectivity index (χ1n) is 12.1. The van der Waals surface area contributed by atoms with Crippen molar-refractivity contribution in [1.82, 2.24) is 0 Å². The second-order valence-corrected chi connectivity index (χ2v) is 8.74. The van der Waals surface area contributed by atoms with Gasteiger partial charge in [-0.15, -0.1) is 0 Å². The first-order valence-corrected chi connectivity index (χ1v) is 12.1. The quantitative estimate of drug-likeness (QED) is 0.238. The van der Waals surface area contributed by atoms with Crippen LogP contribution in [0.25, 0.3) is 0 Å². The largest absolute Gasteiger partial charge is 0.494 e. The SMILES string of the molecule is CCCCCOC(=O)c1ccc(OCCCC2CCC(CCCCC)CC2)cc1. The van der Waals surface area contributed by atoms with Crippen molar-refractivity contribution in [2.75, 3.05) is 13.2 Å². The Kier molecular flexibility index (Phi) is 11.9. The molecule has 0 atom stereocenters. The van der Waals surface area contributed by atoms with Crippen molar-refractivity contribution < 1.29 is 14.3 Å². The molecule has 1 aromatic carbocycles. The van der Waals surface area contributed by atoms with Gasteiger partial charge < -0.3 is 9.47 Å². The van der Waals surface area contributed by atoms with Gasteiger partial charge in [0.2, 0.25) is 0 Å². The van der Waals surface area contributed by atoms with Crippen molar-refractivity contribution in [2.45, 2.75) is 97.3 Å². The summed E-state index contributed by atoms with van der Waals surface area (Å²) in [7, 11) is 0. The third kappa shape index (κ3) is 9.69. The molecule has 0 saturated heterocycles. The summed E-state index contributed by atoms with van der Waals surface area (Å²) in [6.45, 7) is 5.69. The first-order chi connectivity index (χ1) is 14.2. The average molecular weight is 403 g/mol. The Hall–Kier alpha value is -1.51. The van der Waals surface area contributed by atoms with E-state index >= 15 is 0 Å². The summed E-state index contributed by atoms with van der Waals surface area (Å²) in [5.41, 5.74) is 0.601. The summed E-state index contributed by atoms with van der Waals surface area (Å²) in [6.07, 6.45) is 16.9. The van der Waals surface area contributed by atoms with E-state index in [1.165, 1.54) is 57.8 Å². The highest BCUT2D eigenvalue weighted by atomic mass is 16.5. The van der Waals surface area contributed by atoms with Crippen molar-refractivity contribution in [3.05, 3.63) is 29.8 Å². The lowest BCUT2D eigenvalue weighted by Gasteiger charge is -2.28. The number of ether oxygens (including phenoxy) is 2. The normalized spacial score (nSPS) is 19.1. The maximum atomic E-state index is 12.0. The number of carbonyl (C=O) groups excluding carboxylic acids is 1. The minimum Gasteiger partial charge on any atom is -0.494 e. The van der Waals surface area contributed by atoms with Crippen LogP contribution in [0.5, 0.6) is 5.75 Å². The fraction of sp³-hybridized carbons (Fsp3) is 0.731. The van der Waals surface area contributed by atoms with Gasteiger partial charge in [0, 0.05) is 0 Å². The Labute approximate surface area is 178 Å². The van der Waals surface area contributed by atoms with Gasteiger partial charge in [0.15, 0.2) is 0 Å². The van der Waals surface area contributed by atoms with E-state index in [-0.39, 0.29) is 5.97 Å². The molecule has 0 radical (unpaired) electrons. The molecule has 164 valence electrons. The average Bonchev–Trinajstić information content (AvgIpc) is 2.76.